The molecule has 0 spiro atoms. The molecule has 0 saturated carbocycles. The number of ether oxygens (including phenoxy) is 2. The zero-order chi connectivity index (χ0) is 14.6. The lowest BCUT2D eigenvalue weighted by molar-refractivity contribution is -0.126. The van der Waals surface area contributed by atoms with Gasteiger partial charge in [0.1, 0.15) is 5.60 Å². The third-order valence-corrected chi connectivity index (χ3v) is 1.57. The molecule has 1 rings (SSSR count). The maximum Gasteiger partial charge on any atom is 0.410 e. The van der Waals surface area contributed by atoms with Crippen molar-refractivity contribution >= 4 is 12.6 Å². The molecular weight excluding hydrogens is 234 g/mol. The van der Waals surface area contributed by atoms with Crippen LogP contribution in [0.2, 0.25) is 0 Å². The van der Waals surface area contributed by atoms with Gasteiger partial charge in [0.15, 0.2) is 0 Å². The molecule has 0 saturated heterocycles. The van der Waals surface area contributed by atoms with Crippen LogP contribution in [-0.2, 0) is 14.3 Å². The van der Waals surface area contributed by atoms with Crippen molar-refractivity contribution in [2.24, 2.45) is 0 Å². The third-order valence-electron chi connectivity index (χ3n) is 1.57. The van der Waals surface area contributed by atoms with Gasteiger partial charge in [-0.25, -0.2) is 4.79 Å². The topological polar surface area (TPSA) is 55.8 Å². The van der Waals surface area contributed by atoms with Gasteiger partial charge in [-0.3, -0.25) is 4.79 Å². The Bertz CT molecular complexity index is 248. The standard InChI is InChI=1S/C9H15NO2.C2H4O2.C2H6/c1-9(2,3)12-8(11)10-6-4-5-7-10;1-4-2-3;1-2/h4-5H,6-7H2,1-3H3;2H,1H3;1-2H3. The van der Waals surface area contributed by atoms with Gasteiger partial charge in [0.25, 0.3) is 6.47 Å². The van der Waals surface area contributed by atoms with Crippen LogP contribution in [-0.4, -0.2) is 43.3 Å². The fraction of sp³-hybridized carbons (Fsp3) is 0.692. The second-order valence-corrected chi connectivity index (χ2v) is 4.19. The fourth-order valence-electron chi connectivity index (χ4n) is 0.954. The van der Waals surface area contributed by atoms with E-state index < -0.39 is 0 Å². The molecule has 0 bridgehead atoms. The molecule has 106 valence electrons. The number of rotatable bonds is 1. The molecule has 5 heteroatoms. The van der Waals surface area contributed by atoms with E-state index in [1.165, 1.54) is 7.11 Å². The van der Waals surface area contributed by atoms with Crippen LogP contribution in [0.25, 0.3) is 0 Å². The van der Waals surface area contributed by atoms with Crippen LogP contribution in [0.5, 0.6) is 0 Å². The maximum absolute atomic E-state index is 11.3. The Hall–Kier alpha value is -1.52. The number of carbonyl (C=O) groups excluding carboxylic acids is 2. The quantitative estimate of drug-likeness (QED) is 0.536. The second kappa shape index (κ2) is 10.6. The molecule has 18 heavy (non-hydrogen) atoms. The van der Waals surface area contributed by atoms with Gasteiger partial charge >= 0.3 is 6.09 Å². The number of amides is 1. The normalized spacial score (nSPS) is 12.7. The van der Waals surface area contributed by atoms with Gasteiger partial charge in [0.05, 0.1) is 7.11 Å². The Labute approximate surface area is 110 Å². The number of hydrogen-bond donors (Lipinski definition) is 0. The average molecular weight is 259 g/mol. The summed E-state index contributed by atoms with van der Waals surface area (Å²) in [6, 6.07) is 0. The zero-order valence-electron chi connectivity index (χ0n) is 12.2. The molecule has 0 aromatic carbocycles. The summed E-state index contributed by atoms with van der Waals surface area (Å²) in [4.78, 5) is 21.9. The minimum Gasteiger partial charge on any atom is -0.471 e. The number of carbonyl (C=O) groups is 2. The monoisotopic (exact) mass is 259 g/mol. The highest BCUT2D eigenvalue weighted by Crippen LogP contribution is 2.11. The van der Waals surface area contributed by atoms with E-state index in [0.29, 0.717) is 19.6 Å². The first-order valence-corrected chi connectivity index (χ1v) is 6.00. The third kappa shape index (κ3) is 11.0. The van der Waals surface area contributed by atoms with Gasteiger partial charge in [0.2, 0.25) is 0 Å². The minimum atomic E-state index is -0.389. The van der Waals surface area contributed by atoms with Crippen molar-refractivity contribution in [1.29, 1.82) is 0 Å². The predicted octanol–water partition coefficient (Wildman–Crippen LogP) is 2.61. The van der Waals surface area contributed by atoms with E-state index in [1.807, 2.05) is 46.8 Å². The first kappa shape index (κ1) is 18.8. The van der Waals surface area contributed by atoms with Gasteiger partial charge in [-0.1, -0.05) is 26.0 Å². The van der Waals surface area contributed by atoms with Crippen molar-refractivity contribution < 1.29 is 19.1 Å². The summed E-state index contributed by atoms with van der Waals surface area (Å²) in [5.74, 6) is 0. The molecule has 5 nitrogen and oxygen atoms in total. The van der Waals surface area contributed by atoms with Crippen LogP contribution in [0.1, 0.15) is 34.6 Å². The van der Waals surface area contributed by atoms with Crippen molar-refractivity contribution in [3.05, 3.63) is 12.2 Å². The smallest absolute Gasteiger partial charge is 0.410 e. The zero-order valence-corrected chi connectivity index (χ0v) is 12.2. The molecule has 0 unspecified atom stereocenters. The summed E-state index contributed by atoms with van der Waals surface area (Å²) in [7, 11) is 1.31. The van der Waals surface area contributed by atoms with Crippen molar-refractivity contribution in [2.45, 2.75) is 40.2 Å². The van der Waals surface area contributed by atoms with Crippen LogP contribution < -0.4 is 0 Å². The maximum atomic E-state index is 11.3. The van der Waals surface area contributed by atoms with Gasteiger partial charge in [-0.15, -0.1) is 0 Å². The lowest BCUT2D eigenvalue weighted by Gasteiger charge is -2.23. The van der Waals surface area contributed by atoms with Gasteiger partial charge in [0, 0.05) is 13.1 Å². The Kier molecular flexibility index (Phi) is 11.1. The van der Waals surface area contributed by atoms with Crippen LogP contribution >= 0.6 is 0 Å². The van der Waals surface area contributed by atoms with Crippen molar-refractivity contribution in [1.82, 2.24) is 4.90 Å². The summed E-state index contributed by atoms with van der Waals surface area (Å²) in [5.41, 5.74) is -0.389. The summed E-state index contributed by atoms with van der Waals surface area (Å²) in [6.07, 6.45) is 3.70. The number of nitrogens with zero attached hydrogens (tertiary/aromatic N) is 1. The van der Waals surface area contributed by atoms with E-state index in [9.17, 15) is 4.79 Å². The van der Waals surface area contributed by atoms with Crippen LogP contribution in [0.3, 0.4) is 0 Å². The summed E-state index contributed by atoms with van der Waals surface area (Å²) in [6.45, 7) is 11.3. The van der Waals surface area contributed by atoms with E-state index >= 15 is 0 Å². The van der Waals surface area contributed by atoms with Gasteiger partial charge < -0.3 is 14.4 Å². The molecule has 0 fully saturated rings. The molecule has 1 aliphatic heterocycles. The van der Waals surface area contributed by atoms with Gasteiger partial charge in [-0.2, -0.15) is 0 Å². The molecule has 1 amide bonds. The predicted molar refractivity (Wildman–Crippen MR) is 71.4 cm³/mol. The Morgan fingerprint density at radius 3 is 1.89 bits per heavy atom. The molecule has 0 aromatic rings. The first-order valence-electron chi connectivity index (χ1n) is 6.00. The van der Waals surface area contributed by atoms with E-state index in [1.54, 1.807) is 4.90 Å². The van der Waals surface area contributed by atoms with Crippen LogP contribution in [0, 0.1) is 0 Å². The molecule has 0 N–H and O–H groups in total. The van der Waals surface area contributed by atoms with E-state index in [2.05, 4.69) is 4.74 Å². The number of hydrogen-bond acceptors (Lipinski definition) is 4. The highest BCUT2D eigenvalue weighted by Gasteiger charge is 2.21. The van der Waals surface area contributed by atoms with E-state index in [4.69, 9.17) is 9.53 Å². The highest BCUT2D eigenvalue weighted by atomic mass is 16.6. The molecule has 0 atom stereocenters. The summed E-state index contributed by atoms with van der Waals surface area (Å²) in [5, 5.41) is 0. The SMILES string of the molecule is CC.CC(C)(C)OC(=O)N1CC=CC1.COC=O. The van der Waals surface area contributed by atoms with E-state index in [0.717, 1.165) is 0 Å². The lowest BCUT2D eigenvalue weighted by Crippen LogP contribution is -2.35. The minimum absolute atomic E-state index is 0.229. The summed E-state index contributed by atoms with van der Waals surface area (Å²) >= 11 is 0. The van der Waals surface area contributed by atoms with Crippen LogP contribution in [0.4, 0.5) is 4.79 Å². The first-order chi connectivity index (χ1) is 8.40. The lowest BCUT2D eigenvalue weighted by atomic mass is 10.2. The van der Waals surface area contributed by atoms with Crippen molar-refractivity contribution in [3.8, 4) is 0 Å². The molecule has 0 aromatic heterocycles. The number of methoxy groups -OCH3 is 1. The van der Waals surface area contributed by atoms with Gasteiger partial charge in [-0.05, 0) is 20.8 Å². The molecule has 1 heterocycles. The van der Waals surface area contributed by atoms with E-state index in [-0.39, 0.29) is 11.7 Å². The Morgan fingerprint density at radius 2 is 1.61 bits per heavy atom. The van der Waals surface area contributed by atoms with Crippen molar-refractivity contribution in [2.75, 3.05) is 20.2 Å². The second-order valence-electron chi connectivity index (χ2n) is 4.19. The molecule has 0 aliphatic carbocycles. The molecule has 0 radical (unpaired) electrons. The molecular formula is C13H25NO4. The highest BCUT2D eigenvalue weighted by molar-refractivity contribution is 5.69. The summed E-state index contributed by atoms with van der Waals surface area (Å²) < 4.78 is 9.03. The Balaban J connectivity index is 0. The Morgan fingerprint density at radius 1 is 1.22 bits per heavy atom. The molecule has 1 aliphatic rings. The van der Waals surface area contributed by atoms with Crippen molar-refractivity contribution in [3.63, 3.8) is 0 Å². The largest absolute Gasteiger partial charge is 0.471 e. The average Bonchev–Trinajstić information content (AvgIpc) is 2.83. The van der Waals surface area contributed by atoms with Crippen LogP contribution in [0.15, 0.2) is 12.2 Å². The fourth-order valence-corrected chi connectivity index (χ4v) is 0.954.